The van der Waals surface area contributed by atoms with Gasteiger partial charge in [0.15, 0.2) is 0 Å². The summed E-state index contributed by atoms with van der Waals surface area (Å²) in [6.07, 6.45) is 3.83. The maximum Gasteiger partial charge on any atom is 0.0407 e. The second-order valence-corrected chi connectivity index (χ2v) is 6.95. The zero-order valence-corrected chi connectivity index (χ0v) is 12.3. The van der Waals surface area contributed by atoms with Crippen LogP contribution < -0.4 is 5.32 Å². The summed E-state index contributed by atoms with van der Waals surface area (Å²) in [5.41, 5.74) is 3.52. The fourth-order valence-electron chi connectivity index (χ4n) is 3.22. The number of hydrogen-bond acceptors (Lipinski definition) is 1. The Hall–Kier alpha value is 0.140. The van der Waals surface area contributed by atoms with E-state index in [1.54, 1.807) is 5.56 Å². The van der Waals surface area contributed by atoms with Crippen LogP contribution in [0, 0.1) is 0 Å². The fraction of sp³-hybridized carbons (Fsp3) is 0.538. The van der Waals surface area contributed by atoms with Gasteiger partial charge in [-0.25, -0.2) is 0 Å². The first-order chi connectivity index (χ1) is 7.71. The summed E-state index contributed by atoms with van der Waals surface area (Å²) < 4.78 is 1.20. The summed E-state index contributed by atoms with van der Waals surface area (Å²) in [6, 6.07) is 6.80. The van der Waals surface area contributed by atoms with E-state index in [0.717, 1.165) is 13.1 Å². The summed E-state index contributed by atoms with van der Waals surface area (Å²) in [5.74, 6) is 0. The zero-order valence-electron chi connectivity index (χ0n) is 9.10. The van der Waals surface area contributed by atoms with E-state index in [1.165, 1.54) is 29.3 Å². The standard InChI is InChI=1S/C13H15Br2N/c14-9-1-2-11-10(7-9)12(15)8-13(11)3-5-16-6-4-13/h1-2,7,12,16H,3-6,8H2. The van der Waals surface area contributed by atoms with Crippen molar-refractivity contribution in [2.45, 2.75) is 29.5 Å². The molecular weight excluding hydrogens is 330 g/mol. The highest BCUT2D eigenvalue weighted by Gasteiger charge is 2.43. The number of piperidine rings is 1. The van der Waals surface area contributed by atoms with Crippen LogP contribution in [0.15, 0.2) is 22.7 Å². The lowest BCUT2D eigenvalue weighted by atomic mass is 9.74. The quantitative estimate of drug-likeness (QED) is 0.703. The molecule has 0 radical (unpaired) electrons. The first-order valence-corrected chi connectivity index (χ1v) is 7.57. The van der Waals surface area contributed by atoms with Crippen molar-refractivity contribution in [2.24, 2.45) is 0 Å². The third-order valence-corrected chi connectivity index (χ3v) is 5.36. The molecule has 0 aromatic heterocycles. The van der Waals surface area contributed by atoms with Gasteiger partial charge in [0.1, 0.15) is 0 Å². The number of fused-ring (bicyclic) bond motifs is 2. The molecule has 3 rings (SSSR count). The van der Waals surface area contributed by atoms with Gasteiger partial charge >= 0.3 is 0 Å². The van der Waals surface area contributed by atoms with Crippen molar-refractivity contribution in [3.8, 4) is 0 Å². The van der Waals surface area contributed by atoms with Crippen LogP contribution in [0.1, 0.15) is 35.2 Å². The second kappa shape index (κ2) is 4.11. The summed E-state index contributed by atoms with van der Waals surface area (Å²) in [5, 5.41) is 3.47. The highest BCUT2D eigenvalue weighted by Crippen LogP contribution is 2.53. The van der Waals surface area contributed by atoms with Crippen LogP contribution in [-0.4, -0.2) is 13.1 Å². The molecule has 1 atom stereocenters. The molecular formula is C13H15Br2N. The van der Waals surface area contributed by atoms with Gasteiger partial charge in [-0.05, 0) is 61.0 Å². The van der Waals surface area contributed by atoms with E-state index in [0.29, 0.717) is 10.2 Å². The molecule has 1 aromatic rings. The maximum atomic E-state index is 3.84. The van der Waals surface area contributed by atoms with Crippen LogP contribution in [0.25, 0.3) is 0 Å². The van der Waals surface area contributed by atoms with E-state index in [2.05, 4.69) is 55.4 Å². The van der Waals surface area contributed by atoms with Crippen LogP contribution in [0.3, 0.4) is 0 Å². The highest BCUT2D eigenvalue weighted by atomic mass is 79.9. The lowest BCUT2D eigenvalue weighted by Crippen LogP contribution is -2.38. The number of nitrogens with one attached hydrogen (secondary N) is 1. The molecule has 0 amide bonds. The zero-order chi connectivity index (χ0) is 11.2. The molecule has 1 saturated heterocycles. The average Bonchev–Trinajstić information content (AvgIpc) is 2.53. The van der Waals surface area contributed by atoms with Gasteiger partial charge in [0.25, 0.3) is 0 Å². The molecule has 0 saturated carbocycles. The molecule has 1 nitrogen and oxygen atoms in total. The fourth-order valence-corrected chi connectivity index (χ4v) is 4.59. The predicted molar refractivity (Wildman–Crippen MR) is 74.2 cm³/mol. The Bertz CT molecular complexity index is 410. The smallest absolute Gasteiger partial charge is 0.0407 e. The number of alkyl halides is 1. The van der Waals surface area contributed by atoms with Crippen molar-refractivity contribution in [3.63, 3.8) is 0 Å². The van der Waals surface area contributed by atoms with Gasteiger partial charge in [0.05, 0.1) is 0 Å². The third kappa shape index (κ3) is 1.68. The molecule has 86 valence electrons. The maximum absolute atomic E-state index is 3.84. The van der Waals surface area contributed by atoms with Gasteiger partial charge in [0.2, 0.25) is 0 Å². The van der Waals surface area contributed by atoms with Gasteiger partial charge in [-0.2, -0.15) is 0 Å². The Balaban J connectivity index is 2.07. The highest BCUT2D eigenvalue weighted by molar-refractivity contribution is 9.10. The summed E-state index contributed by atoms with van der Waals surface area (Å²) in [4.78, 5) is 0.540. The van der Waals surface area contributed by atoms with Gasteiger partial charge in [-0.15, -0.1) is 0 Å². The van der Waals surface area contributed by atoms with E-state index >= 15 is 0 Å². The minimum Gasteiger partial charge on any atom is -0.317 e. The van der Waals surface area contributed by atoms with Crippen LogP contribution in [0.4, 0.5) is 0 Å². The van der Waals surface area contributed by atoms with E-state index < -0.39 is 0 Å². The van der Waals surface area contributed by atoms with Crippen molar-refractivity contribution >= 4 is 31.9 Å². The van der Waals surface area contributed by atoms with E-state index in [-0.39, 0.29) is 0 Å². The molecule has 1 N–H and O–H groups in total. The topological polar surface area (TPSA) is 12.0 Å². The van der Waals surface area contributed by atoms with Crippen LogP contribution in [0.2, 0.25) is 0 Å². The monoisotopic (exact) mass is 343 g/mol. The summed E-state index contributed by atoms with van der Waals surface area (Å²) in [6.45, 7) is 2.32. The van der Waals surface area contributed by atoms with Crippen molar-refractivity contribution in [2.75, 3.05) is 13.1 Å². The molecule has 1 spiro atoms. The normalized spacial score (nSPS) is 27.0. The third-order valence-electron chi connectivity index (χ3n) is 4.05. The Morgan fingerprint density at radius 3 is 2.75 bits per heavy atom. The molecule has 1 fully saturated rings. The Morgan fingerprint density at radius 1 is 1.25 bits per heavy atom. The van der Waals surface area contributed by atoms with Gasteiger partial charge < -0.3 is 5.32 Å². The molecule has 1 aliphatic carbocycles. The van der Waals surface area contributed by atoms with Crippen LogP contribution in [-0.2, 0) is 5.41 Å². The average molecular weight is 345 g/mol. The molecule has 3 heteroatoms. The number of halogens is 2. The van der Waals surface area contributed by atoms with E-state index in [9.17, 15) is 0 Å². The molecule has 1 unspecified atom stereocenters. The van der Waals surface area contributed by atoms with Crippen LogP contribution >= 0.6 is 31.9 Å². The molecule has 1 aliphatic heterocycles. The predicted octanol–water partition coefficient (Wildman–Crippen LogP) is 3.91. The van der Waals surface area contributed by atoms with Crippen molar-refractivity contribution in [3.05, 3.63) is 33.8 Å². The Kier molecular flexibility index (Phi) is 2.89. The summed E-state index contributed by atoms with van der Waals surface area (Å²) in [7, 11) is 0. The second-order valence-electron chi connectivity index (χ2n) is 4.93. The Labute approximate surface area is 113 Å². The molecule has 1 aromatic carbocycles. The number of rotatable bonds is 0. The first-order valence-electron chi connectivity index (χ1n) is 5.86. The lowest BCUT2D eigenvalue weighted by molar-refractivity contribution is 0.306. The largest absolute Gasteiger partial charge is 0.317 e. The van der Waals surface area contributed by atoms with Crippen LogP contribution in [0.5, 0.6) is 0 Å². The van der Waals surface area contributed by atoms with Gasteiger partial charge in [-0.1, -0.05) is 37.9 Å². The molecule has 2 aliphatic rings. The minimum absolute atomic E-state index is 0.440. The molecule has 1 heterocycles. The minimum atomic E-state index is 0.440. The van der Waals surface area contributed by atoms with Crippen molar-refractivity contribution < 1.29 is 0 Å². The summed E-state index contributed by atoms with van der Waals surface area (Å²) >= 11 is 7.41. The number of benzene rings is 1. The number of hydrogen-bond donors (Lipinski definition) is 1. The molecule has 16 heavy (non-hydrogen) atoms. The van der Waals surface area contributed by atoms with Gasteiger partial charge in [0, 0.05) is 9.30 Å². The SMILES string of the molecule is Brc1ccc2c(c1)C(Br)CC21CCNCC1. The molecule has 0 bridgehead atoms. The van der Waals surface area contributed by atoms with Crippen molar-refractivity contribution in [1.29, 1.82) is 0 Å². The first kappa shape index (κ1) is 11.2. The van der Waals surface area contributed by atoms with Crippen molar-refractivity contribution in [1.82, 2.24) is 5.32 Å². The van der Waals surface area contributed by atoms with E-state index in [1.807, 2.05) is 0 Å². The Morgan fingerprint density at radius 2 is 2.00 bits per heavy atom. The lowest BCUT2D eigenvalue weighted by Gasteiger charge is -2.35. The van der Waals surface area contributed by atoms with Gasteiger partial charge in [-0.3, -0.25) is 0 Å². The van der Waals surface area contributed by atoms with E-state index in [4.69, 9.17) is 0 Å².